The first-order valence-corrected chi connectivity index (χ1v) is 7.97. The second-order valence-electron chi connectivity index (χ2n) is 5.93. The third-order valence-electron chi connectivity index (χ3n) is 4.24. The minimum absolute atomic E-state index is 0.553. The van der Waals surface area contributed by atoms with E-state index in [-0.39, 0.29) is 0 Å². The van der Waals surface area contributed by atoms with E-state index in [4.69, 9.17) is 11.6 Å². The highest BCUT2D eigenvalue weighted by atomic mass is 35.5. The van der Waals surface area contributed by atoms with Gasteiger partial charge in [0.15, 0.2) is 0 Å². The molecular formula is C15H22ClN3. The SMILES string of the molecule is Clc1cc(NCCC2CCCCC2)nc(C2CC2)n1. The van der Waals surface area contributed by atoms with E-state index in [1.165, 1.54) is 51.4 Å². The van der Waals surface area contributed by atoms with Crippen LogP contribution in [-0.4, -0.2) is 16.5 Å². The molecule has 2 saturated carbocycles. The third kappa shape index (κ3) is 3.82. The van der Waals surface area contributed by atoms with E-state index in [0.717, 1.165) is 24.1 Å². The molecule has 3 nitrogen and oxygen atoms in total. The fourth-order valence-electron chi connectivity index (χ4n) is 2.93. The molecule has 0 unspecified atom stereocenters. The zero-order valence-corrected chi connectivity index (χ0v) is 12.1. The van der Waals surface area contributed by atoms with E-state index in [9.17, 15) is 0 Å². The number of rotatable bonds is 5. The van der Waals surface area contributed by atoms with Crippen LogP contribution in [-0.2, 0) is 0 Å². The largest absolute Gasteiger partial charge is 0.370 e. The maximum Gasteiger partial charge on any atom is 0.135 e. The topological polar surface area (TPSA) is 37.8 Å². The molecule has 0 radical (unpaired) electrons. The van der Waals surface area contributed by atoms with Crippen LogP contribution < -0.4 is 5.32 Å². The van der Waals surface area contributed by atoms with Crippen molar-refractivity contribution in [2.45, 2.75) is 57.3 Å². The lowest BCUT2D eigenvalue weighted by Crippen LogP contribution is -2.13. The highest BCUT2D eigenvalue weighted by Crippen LogP contribution is 2.38. The van der Waals surface area contributed by atoms with Crippen molar-refractivity contribution in [2.75, 3.05) is 11.9 Å². The Morgan fingerprint density at radius 2 is 1.89 bits per heavy atom. The summed E-state index contributed by atoms with van der Waals surface area (Å²) in [6, 6.07) is 1.84. The van der Waals surface area contributed by atoms with E-state index in [2.05, 4.69) is 15.3 Å². The highest BCUT2D eigenvalue weighted by Gasteiger charge is 2.27. The van der Waals surface area contributed by atoms with Gasteiger partial charge in [-0.1, -0.05) is 43.7 Å². The fraction of sp³-hybridized carbons (Fsp3) is 0.733. The lowest BCUT2D eigenvalue weighted by atomic mass is 9.87. The highest BCUT2D eigenvalue weighted by molar-refractivity contribution is 6.29. The van der Waals surface area contributed by atoms with Crippen LogP contribution in [0, 0.1) is 5.92 Å². The Kier molecular flexibility index (Phi) is 4.21. The minimum Gasteiger partial charge on any atom is -0.370 e. The molecule has 3 rings (SSSR count). The van der Waals surface area contributed by atoms with Crippen LogP contribution in [0.15, 0.2) is 6.07 Å². The van der Waals surface area contributed by atoms with Crippen LogP contribution in [0.3, 0.4) is 0 Å². The average Bonchev–Trinajstić information content (AvgIpc) is 3.24. The van der Waals surface area contributed by atoms with Gasteiger partial charge in [0.25, 0.3) is 0 Å². The van der Waals surface area contributed by atoms with Gasteiger partial charge in [0, 0.05) is 18.5 Å². The molecule has 1 heterocycles. The maximum absolute atomic E-state index is 6.06. The van der Waals surface area contributed by atoms with Crippen molar-refractivity contribution in [2.24, 2.45) is 5.92 Å². The summed E-state index contributed by atoms with van der Waals surface area (Å²) in [7, 11) is 0. The number of hydrogen-bond acceptors (Lipinski definition) is 3. The molecular weight excluding hydrogens is 258 g/mol. The molecule has 0 spiro atoms. The van der Waals surface area contributed by atoms with Gasteiger partial charge in [0.1, 0.15) is 16.8 Å². The summed E-state index contributed by atoms with van der Waals surface area (Å²) in [6.45, 7) is 1.00. The van der Waals surface area contributed by atoms with Gasteiger partial charge >= 0.3 is 0 Å². The summed E-state index contributed by atoms with van der Waals surface area (Å²) < 4.78 is 0. The standard InChI is InChI=1S/C15H22ClN3/c16-13-10-14(19-15(18-13)12-6-7-12)17-9-8-11-4-2-1-3-5-11/h10-12H,1-9H2,(H,17,18,19). The molecule has 104 valence electrons. The number of anilines is 1. The van der Waals surface area contributed by atoms with E-state index in [1.807, 2.05) is 6.07 Å². The summed E-state index contributed by atoms with van der Waals surface area (Å²) >= 11 is 6.06. The van der Waals surface area contributed by atoms with Crippen molar-refractivity contribution in [1.29, 1.82) is 0 Å². The summed E-state index contributed by atoms with van der Waals surface area (Å²) in [6.07, 6.45) is 10.7. The van der Waals surface area contributed by atoms with Gasteiger partial charge < -0.3 is 5.32 Å². The summed E-state index contributed by atoms with van der Waals surface area (Å²) in [5, 5.41) is 3.99. The van der Waals surface area contributed by atoms with Crippen molar-refractivity contribution < 1.29 is 0 Å². The molecule has 0 bridgehead atoms. The summed E-state index contributed by atoms with van der Waals surface area (Å²) in [4.78, 5) is 8.88. The van der Waals surface area contributed by atoms with Crippen LogP contribution in [0.4, 0.5) is 5.82 Å². The normalized spacial score (nSPS) is 20.5. The first kappa shape index (κ1) is 13.2. The lowest BCUT2D eigenvalue weighted by molar-refractivity contribution is 0.345. The molecule has 2 aliphatic carbocycles. The van der Waals surface area contributed by atoms with Gasteiger partial charge in [-0.05, 0) is 25.2 Å². The minimum atomic E-state index is 0.553. The van der Waals surface area contributed by atoms with Gasteiger partial charge in [-0.15, -0.1) is 0 Å². The van der Waals surface area contributed by atoms with Crippen LogP contribution in [0.25, 0.3) is 0 Å². The quantitative estimate of drug-likeness (QED) is 0.812. The monoisotopic (exact) mass is 279 g/mol. The van der Waals surface area contributed by atoms with E-state index >= 15 is 0 Å². The van der Waals surface area contributed by atoms with E-state index < -0.39 is 0 Å². The Morgan fingerprint density at radius 3 is 2.63 bits per heavy atom. The molecule has 4 heteroatoms. The fourth-order valence-corrected chi connectivity index (χ4v) is 3.12. The van der Waals surface area contributed by atoms with Crippen LogP contribution in [0.5, 0.6) is 0 Å². The van der Waals surface area contributed by atoms with Crippen molar-refractivity contribution in [3.8, 4) is 0 Å². The second kappa shape index (κ2) is 6.08. The first-order valence-electron chi connectivity index (χ1n) is 7.59. The Labute approximate surface area is 120 Å². The molecule has 1 aromatic heterocycles. The molecule has 0 aromatic carbocycles. The Morgan fingerprint density at radius 1 is 1.11 bits per heavy atom. The van der Waals surface area contributed by atoms with E-state index in [1.54, 1.807) is 0 Å². The van der Waals surface area contributed by atoms with Gasteiger partial charge in [-0.2, -0.15) is 0 Å². The Balaban J connectivity index is 1.51. The maximum atomic E-state index is 6.06. The third-order valence-corrected chi connectivity index (χ3v) is 4.43. The zero-order chi connectivity index (χ0) is 13.1. The van der Waals surface area contributed by atoms with Gasteiger partial charge in [0.2, 0.25) is 0 Å². The Hall–Kier alpha value is -0.830. The smallest absolute Gasteiger partial charge is 0.135 e. The number of hydrogen-bond donors (Lipinski definition) is 1. The molecule has 1 N–H and O–H groups in total. The molecule has 0 aliphatic heterocycles. The lowest BCUT2D eigenvalue weighted by Gasteiger charge is -2.21. The van der Waals surface area contributed by atoms with Crippen LogP contribution in [0.1, 0.15) is 63.1 Å². The average molecular weight is 280 g/mol. The van der Waals surface area contributed by atoms with Crippen molar-refractivity contribution >= 4 is 17.4 Å². The second-order valence-corrected chi connectivity index (χ2v) is 6.32. The zero-order valence-electron chi connectivity index (χ0n) is 11.4. The summed E-state index contributed by atoms with van der Waals surface area (Å²) in [5.74, 6) is 3.28. The van der Waals surface area contributed by atoms with Crippen molar-refractivity contribution in [3.05, 3.63) is 17.0 Å². The number of halogens is 1. The van der Waals surface area contributed by atoms with E-state index in [0.29, 0.717) is 11.1 Å². The van der Waals surface area contributed by atoms with Crippen molar-refractivity contribution in [3.63, 3.8) is 0 Å². The number of aromatic nitrogens is 2. The first-order chi connectivity index (χ1) is 9.31. The van der Waals surface area contributed by atoms with Crippen LogP contribution in [0.2, 0.25) is 5.15 Å². The molecule has 1 aromatic rings. The summed E-state index contributed by atoms with van der Waals surface area (Å²) in [5.41, 5.74) is 0. The molecule has 0 atom stereocenters. The Bertz CT molecular complexity index is 425. The molecule has 2 fully saturated rings. The number of nitrogens with zero attached hydrogens (tertiary/aromatic N) is 2. The molecule has 0 saturated heterocycles. The molecule has 19 heavy (non-hydrogen) atoms. The predicted molar refractivity (Wildman–Crippen MR) is 78.7 cm³/mol. The molecule has 2 aliphatic rings. The van der Waals surface area contributed by atoms with Gasteiger partial charge in [-0.3, -0.25) is 0 Å². The molecule has 0 amide bonds. The van der Waals surface area contributed by atoms with Crippen LogP contribution >= 0.6 is 11.6 Å². The van der Waals surface area contributed by atoms with Crippen molar-refractivity contribution in [1.82, 2.24) is 9.97 Å². The number of nitrogens with one attached hydrogen (secondary N) is 1. The predicted octanol–water partition coefficient (Wildman–Crippen LogP) is 4.39. The van der Waals surface area contributed by atoms with Gasteiger partial charge in [-0.25, -0.2) is 9.97 Å². The van der Waals surface area contributed by atoms with Gasteiger partial charge in [0.05, 0.1) is 0 Å².